The summed E-state index contributed by atoms with van der Waals surface area (Å²) < 4.78 is 49.5. The van der Waals surface area contributed by atoms with Crippen LogP contribution in [0.3, 0.4) is 0 Å². The van der Waals surface area contributed by atoms with Gasteiger partial charge in [0.1, 0.15) is 0 Å². The zero-order chi connectivity index (χ0) is 18.7. The third-order valence-corrected chi connectivity index (χ3v) is 4.61. The molecule has 0 bridgehead atoms. The Labute approximate surface area is 149 Å². The fourth-order valence-electron chi connectivity index (χ4n) is 3.18. The number of alkyl halides is 3. The Bertz CT molecular complexity index is 715. The topological polar surface area (TPSA) is 60.2 Å². The van der Waals surface area contributed by atoms with Crippen LogP contribution in [-0.2, 0) is 10.9 Å². The van der Waals surface area contributed by atoms with E-state index in [2.05, 4.69) is 15.5 Å². The molecular formula is C18H22F3N3O2. The quantitative estimate of drug-likeness (QED) is 0.855. The lowest BCUT2D eigenvalue weighted by atomic mass is 9.89. The Morgan fingerprint density at radius 2 is 1.96 bits per heavy atom. The van der Waals surface area contributed by atoms with Gasteiger partial charge in [0.2, 0.25) is 11.8 Å². The maximum absolute atomic E-state index is 12.7. The van der Waals surface area contributed by atoms with Crippen LogP contribution in [0.5, 0.6) is 0 Å². The van der Waals surface area contributed by atoms with Gasteiger partial charge in [-0.3, -0.25) is 0 Å². The van der Waals surface area contributed by atoms with Crippen LogP contribution in [0, 0.1) is 12.8 Å². The van der Waals surface area contributed by atoms with Crippen molar-refractivity contribution in [2.75, 3.05) is 13.2 Å². The van der Waals surface area contributed by atoms with Gasteiger partial charge < -0.3 is 14.5 Å². The molecule has 0 saturated carbocycles. The maximum atomic E-state index is 12.7. The molecular weight excluding hydrogens is 347 g/mol. The number of aromatic nitrogens is 2. The van der Waals surface area contributed by atoms with Crippen molar-refractivity contribution >= 4 is 0 Å². The van der Waals surface area contributed by atoms with Gasteiger partial charge in [-0.25, -0.2) is 0 Å². The van der Waals surface area contributed by atoms with Crippen molar-refractivity contribution < 1.29 is 22.3 Å². The van der Waals surface area contributed by atoms with E-state index in [1.165, 1.54) is 12.1 Å². The van der Waals surface area contributed by atoms with Crippen LogP contribution in [0.1, 0.15) is 54.8 Å². The van der Waals surface area contributed by atoms with E-state index in [9.17, 15) is 13.2 Å². The number of rotatable bonds is 5. The van der Waals surface area contributed by atoms with Crippen molar-refractivity contribution in [1.82, 2.24) is 15.5 Å². The predicted octanol–water partition coefficient (Wildman–Crippen LogP) is 4.22. The number of hydrogen-bond acceptors (Lipinski definition) is 5. The summed E-state index contributed by atoms with van der Waals surface area (Å²) in [5.41, 5.74) is 0.123. The minimum atomic E-state index is -4.33. The van der Waals surface area contributed by atoms with E-state index < -0.39 is 11.7 Å². The first-order valence-corrected chi connectivity index (χ1v) is 8.66. The number of benzene rings is 1. The summed E-state index contributed by atoms with van der Waals surface area (Å²) in [6, 6.07) is 5.14. The lowest BCUT2D eigenvalue weighted by Gasteiger charge is -2.33. The van der Waals surface area contributed by atoms with Crippen LogP contribution in [0.4, 0.5) is 13.2 Å². The van der Waals surface area contributed by atoms with E-state index in [1.807, 2.05) is 6.92 Å². The van der Waals surface area contributed by atoms with E-state index in [0.717, 1.165) is 30.5 Å². The van der Waals surface area contributed by atoms with E-state index in [1.54, 1.807) is 6.92 Å². The second-order valence-corrected chi connectivity index (χ2v) is 6.60. The number of ether oxygens (including phenoxy) is 1. The largest absolute Gasteiger partial charge is 0.424 e. The molecule has 2 aromatic rings. The molecule has 8 heteroatoms. The van der Waals surface area contributed by atoms with Crippen LogP contribution < -0.4 is 5.32 Å². The summed E-state index contributed by atoms with van der Waals surface area (Å²) in [5, 5.41) is 11.2. The highest BCUT2D eigenvalue weighted by atomic mass is 19.4. The van der Waals surface area contributed by atoms with Crippen LogP contribution in [0.15, 0.2) is 28.7 Å². The molecule has 1 fully saturated rings. The highest BCUT2D eigenvalue weighted by Crippen LogP contribution is 2.36. The summed E-state index contributed by atoms with van der Waals surface area (Å²) in [7, 11) is 0. The summed E-state index contributed by atoms with van der Waals surface area (Å²) in [5.74, 6) is 1.19. The van der Waals surface area contributed by atoms with Crippen molar-refractivity contribution in [3.63, 3.8) is 0 Å². The lowest BCUT2D eigenvalue weighted by Crippen LogP contribution is -2.33. The molecule has 0 radical (unpaired) electrons. The summed E-state index contributed by atoms with van der Waals surface area (Å²) in [4.78, 5) is 0. The minimum Gasteiger partial charge on any atom is -0.424 e. The average molecular weight is 369 g/mol. The Kier molecular flexibility index (Phi) is 5.62. The van der Waals surface area contributed by atoms with Crippen LogP contribution in [-0.4, -0.2) is 23.3 Å². The highest BCUT2D eigenvalue weighted by molar-refractivity contribution is 5.26. The first-order valence-electron chi connectivity index (χ1n) is 8.66. The van der Waals surface area contributed by atoms with E-state index >= 15 is 0 Å². The summed E-state index contributed by atoms with van der Waals surface area (Å²) >= 11 is 0. The summed E-state index contributed by atoms with van der Waals surface area (Å²) in [6.45, 7) is 4.93. The van der Waals surface area contributed by atoms with E-state index in [0.29, 0.717) is 24.9 Å². The average Bonchev–Trinajstić information content (AvgIpc) is 3.06. The third kappa shape index (κ3) is 4.42. The Hall–Kier alpha value is -1.93. The molecule has 5 nitrogen and oxygen atoms in total. The SMILES string of the molecule is Cc1nnc(C(C)NC[C@@H]2CCCO[C@H]2c2ccc(C(F)(F)F)cc2)o1. The number of nitrogens with zero attached hydrogens (tertiary/aromatic N) is 2. The molecule has 0 spiro atoms. The number of aryl methyl sites for hydroxylation is 1. The normalized spacial score (nSPS) is 22.3. The van der Waals surface area contributed by atoms with Crippen molar-refractivity contribution in [1.29, 1.82) is 0 Å². The van der Waals surface area contributed by atoms with Crippen LogP contribution in [0.25, 0.3) is 0 Å². The molecule has 3 rings (SSSR count). The van der Waals surface area contributed by atoms with Crippen molar-refractivity contribution in [2.24, 2.45) is 5.92 Å². The van der Waals surface area contributed by atoms with Gasteiger partial charge in [0.25, 0.3) is 0 Å². The van der Waals surface area contributed by atoms with Gasteiger partial charge in [-0.05, 0) is 37.5 Å². The van der Waals surface area contributed by atoms with Gasteiger partial charge in [-0.15, -0.1) is 10.2 Å². The minimum absolute atomic E-state index is 0.105. The van der Waals surface area contributed by atoms with E-state index in [4.69, 9.17) is 9.15 Å². The van der Waals surface area contributed by atoms with Crippen molar-refractivity contribution in [3.05, 3.63) is 47.2 Å². The molecule has 0 amide bonds. The molecule has 1 aromatic carbocycles. The molecule has 1 saturated heterocycles. The monoisotopic (exact) mass is 369 g/mol. The zero-order valence-corrected chi connectivity index (χ0v) is 14.7. The molecule has 26 heavy (non-hydrogen) atoms. The van der Waals surface area contributed by atoms with Gasteiger partial charge in [-0.2, -0.15) is 13.2 Å². The number of nitrogens with one attached hydrogen (secondary N) is 1. The fraction of sp³-hybridized carbons (Fsp3) is 0.556. The molecule has 1 unspecified atom stereocenters. The fourth-order valence-corrected chi connectivity index (χ4v) is 3.18. The molecule has 1 aromatic heterocycles. The Morgan fingerprint density at radius 1 is 1.23 bits per heavy atom. The highest BCUT2D eigenvalue weighted by Gasteiger charge is 2.32. The smallest absolute Gasteiger partial charge is 0.416 e. The number of halogens is 3. The molecule has 1 aliphatic rings. The van der Waals surface area contributed by atoms with Gasteiger partial charge >= 0.3 is 6.18 Å². The van der Waals surface area contributed by atoms with E-state index in [-0.39, 0.29) is 18.1 Å². The standard InChI is InChI=1S/C18H22F3N3O2/c1-11(17-24-23-12(2)26-17)22-10-14-4-3-9-25-16(14)13-5-7-15(8-6-13)18(19,20)21/h5-8,11,14,16,22H,3-4,9-10H2,1-2H3/t11?,14-,16-/m0/s1. The van der Waals surface area contributed by atoms with Crippen molar-refractivity contribution in [2.45, 2.75) is 45.0 Å². The molecule has 1 N–H and O–H groups in total. The molecule has 2 heterocycles. The van der Waals surface area contributed by atoms with Gasteiger partial charge in [-0.1, -0.05) is 12.1 Å². The van der Waals surface area contributed by atoms with Gasteiger partial charge in [0.05, 0.1) is 17.7 Å². The van der Waals surface area contributed by atoms with Gasteiger partial charge in [0.15, 0.2) is 0 Å². The number of hydrogen-bond donors (Lipinski definition) is 1. The second kappa shape index (κ2) is 7.75. The molecule has 0 aliphatic carbocycles. The first-order chi connectivity index (χ1) is 12.3. The maximum Gasteiger partial charge on any atom is 0.416 e. The Balaban J connectivity index is 1.66. The van der Waals surface area contributed by atoms with Crippen LogP contribution >= 0.6 is 0 Å². The molecule has 3 atom stereocenters. The molecule has 142 valence electrons. The third-order valence-electron chi connectivity index (χ3n) is 4.61. The second-order valence-electron chi connectivity index (χ2n) is 6.60. The molecule has 1 aliphatic heterocycles. The lowest BCUT2D eigenvalue weighted by molar-refractivity contribution is -0.137. The van der Waals surface area contributed by atoms with Crippen molar-refractivity contribution in [3.8, 4) is 0 Å². The Morgan fingerprint density at radius 3 is 2.58 bits per heavy atom. The first kappa shape index (κ1) is 18.8. The zero-order valence-electron chi connectivity index (χ0n) is 14.7. The summed E-state index contributed by atoms with van der Waals surface area (Å²) in [6.07, 6.45) is -2.69. The predicted molar refractivity (Wildman–Crippen MR) is 88.3 cm³/mol. The van der Waals surface area contributed by atoms with Crippen LogP contribution in [0.2, 0.25) is 0 Å². The van der Waals surface area contributed by atoms with Gasteiger partial charge in [0, 0.05) is 26.0 Å².